The maximum absolute atomic E-state index is 12.6. The molecule has 3 rings (SSSR count). The van der Waals surface area contributed by atoms with Crippen LogP contribution >= 0.6 is 22.7 Å². The van der Waals surface area contributed by atoms with E-state index in [1.54, 1.807) is 34.8 Å². The lowest BCUT2D eigenvalue weighted by Crippen LogP contribution is -2.46. The highest BCUT2D eigenvalue weighted by atomic mass is 32.1. The van der Waals surface area contributed by atoms with Crippen molar-refractivity contribution in [3.05, 3.63) is 75.2 Å². The van der Waals surface area contributed by atoms with Crippen LogP contribution in [0.5, 0.6) is 0 Å². The first-order chi connectivity index (χ1) is 15.6. The van der Waals surface area contributed by atoms with Crippen molar-refractivity contribution in [2.24, 2.45) is 0 Å². The second kappa shape index (κ2) is 12.8. The minimum Gasteiger partial charge on any atom is -0.316 e. The van der Waals surface area contributed by atoms with Crippen molar-refractivity contribution in [3.63, 3.8) is 0 Å². The Balaban J connectivity index is 1.73. The summed E-state index contributed by atoms with van der Waals surface area (Å²) >= 11 is 3.37. The summed E-state index contributed by atoms with van der Waals surface area (Å²) in [6, 6.07) is 8.28. The highest BCUT2D eigenvalue weighted by Gasteiger charge is 2.02. The largest absolute Gasteiger partial charge is 0.316 e. The normalized spacial score (nSPS) is 12.7. The minimum atomic E-state index is -0.273. The molecule has 0 unspecified atom stereocenters. The van der Waals surface area contributed by atoms with Gasteiger partial charge in [-0.1, -0.05) is 52.4 Å². The van der Waals surface area contributed by atoms with Crippen LogP contribution in [0, 0.1) is 0 Å². The Bertz CT molecular complexity index is 1120. The van der Waals surface area contributed by atoms with Crippen molar-refractivity contribution < 1.29 is 0 Å². The average molecular weight is 471 g/mol. The first-order valence-corrected chi connectivity index (χ1v) is 13.5. The Morgan fingerprint density at radius 1 is 0.656 bits per heavy atom. The van der Waals surface area contributed by atoms with Gasteiger partial charge in [0.1, 0.15) is 10.7 Å². The number of nitrogens with one attached hydrogen (secondary N) is 2. The number of H-pyrrole nitrogens is 2. The summed E-state index contributed by atoms with van der Waals surface area (Å²) in [5.41, 5.74) is -0.546. The Morgan fingerprint density at radius 2 is 1.09 bits per heavy atom. The van der Waals surface area contributed by atoms with Crippen LogP contribution in [0.4, 0.5) is 0 Å². The average Bonchev–Trinajstić information content (AvgIpc) is 3.42. The molecule has 0 fully saturated rings. The molecule has 0 aliphatic carbocycles. The van der Waals surface area contributed by atoms with Crippen LogP contribution in [-0.2, 0) is 12.8 Å². The third-order valence-corrected chi connectivity index (χ3v) is 7.66. The van der Waals surface area contributed by atoms with Crippen molar-refractivity contribution in [3.8, 4) is 0 Å². The highest BCUT2D eigenvalue weighted by molar-refractivity contribution is 7.13. The molecule has 0 radical (unpaired) electrons. The maximum Gasteiger partial charge on any atom is 0.272 e. The molecule has 0 spiro atoms. The molecule has 0 saturated carbocycles. The van der Waals surface area contributed by atoms with Crippen LogP contribution in [0.15, 0.2) is 33.9 Å². The fraction of sp³-hybridized carbons (Fsp3) is 0.462. The first kappa shape index (κ1) is 24.5. The van der Waals surface area contributed by atoms with E-state index in [0.29, 0.717) is 10.7 Å². The zero-order valence-electron chi connectivity index (χ0n) is 19.2. The van der Waals surface area contributed by atoms with Gasteiger partial charge in [-0.3, -0.25) is 9.59 Å². The van der Waals surface area contributed by atoms with Crippen LogP contribution in [0.3, 0.4) is 0 Å². The molecule has 0 saturated heterocycles. The Morgan fingerprint density at radius 3 is 1.50 bits per heavy atom. The van der Waals surface area contributed by atoms with Crippen molar-refractivity contribution >= 4 is 34.8 Å². The zero-order chi connectivity index (χ0) is 22.8. The topological polar surface area (TPSA) is 65.7 Å². The van der Waals surface area contributed by atoms with E-state index >= 15 is 0 Å². The lowest BCUT2D eigenvalue weighted by molar-refractivity contribution is 0.670. The lowest BCUT2D eigenvalue weighted by Gasteiger charge is -1.96. The smallest absolute Gasteiger partial charge is 0.272 e. The molecule has 3 heterocycles. The fourth-order valence-corrected chi connectivity index (χ4v) is 5.64. The van der Waals surface area contributed by atoms with E-state index in [1.807, 2.05) is 12.1 Å². The third kappa shape index (κ3) is 7.45. The molecule has 3 aromatic heterocycles. The van der Waals surface area contributed by atoms with Gasteiger partial charge in [-0.2, -0.15) is 0 Å². The number of unbranched alkanes of at least 4 members (excludes halogenated alkanes) is 6. The van der Waals surface area contributed by atoms with Gasteiger partial charge < -0.3 is 9.97 Å². The van der Waals surface area contributed by atoms with E-state index in [4.69, 9.17) is 0 Å². The Hall–Kier alpha value is -2.18. The van der Waals surface area contributed by atoms with Gasteiger partial charge in [0.05, 0.1) is 0 Å². The van der Waals surface area contributed by atoms with Crippen LogP contribution < -0.4 is 21.8 Å². The van der Waals surface area contributed by atoms with Crippen molar-refractivity contribution in [2.45, 2.75) is 78.1 Å². The molecular weight excluding hydrogens is 436 g/mol. The van der Waals surface area contributed by atoms with Crippen LogP contribution in [0.2, 0.25) is 0 Å². The summed E-state index contributed by atoms with van der Waals surface area (Å²) in [6.07, 6.45) is 15.6. The second-order valence-electron chi connectivity index (χ2n) is 8.25. The number of aromatic nitrogens is 2. The van der Waals surface area contributed by atoms with E-state index in [2.05, 4.69) is 35.9 Å². The van der Waals surface area contributed by atoms with Gasteiger partial charge in [0.2, 0.25) is 0 Å². The Kier molecular flexibility index (Phi) is 9.75. The van der Waals surface area contributed by atoms with Gasteiger partial charge in [0.25, 0.3) is 11.1 Å². The predicted molar refractivity (Wildman–Crippen MR) is 138 cm³/mol. The van der Waals surface area contributed by atoms with E-state index in [1.165, 1.54) is 61.1 Å². The molecule has 172 valence electrons. The minimum absolute atomic E-state index is 0.273. The van der Waals surface area contributed by atoms with Crippen molar-refractivity contribution in [2.75, 3.05) is 0 Å². The number of thiophene rings is 2. The molecule has 32 heavy (non-hydrogen) atoms. The van der Waals surface area contributed by atoms with E-state index in [0.717, 1.165) is 22.6 Å². The van der Waals surface area contributed by atoms with Crippen LogP contribution in [0.25, 0.3) is 12.2 Å². The molecule has 2 N–H and O–H groups in total. The SMILES string of the molecule is CCCCCCc1ccc(/C=c2\[nH]c(=O)/c(=C/c3ccc(CCCCCC)s3)[nH]c2=O)s1. The van der Waals surface area contributed by atoms with Crippen LogP contribution in [0.1, 0.15) is 84.7 Å². The predicted octanol–water partition coefficient (Wildman–Crippen LogP) is 5.09. The maximum atomic E-state index is 12.6. The molecule has 0 aromatic carbocycles. The highest BCUT2D eigenvalue weighted by Crippen LogP contribution is 2.20. The number of rotatable bonds is 12. The molecule has 0 amide bonds. The molecule has 0 aliphatic rings. The quantitative estimate of drug-likeness (QED) is 0.362. The zero-order valence-corrected chi connectivity index (χ0v) is 20.8. The van der Waals surface area contributed by atoms with Crippen molar-refractivity contribution in [1.82, 2.24) is 9.97 Å². The summed E-state index contributed by atoms with van der Waals surface area (Å²) in [5.74, 6) is 0. The molecular formula is C26H34N2O2S2. The Labute approximate surface area is 197 Å². The molecule has 0 aliphatic heterocycles. The van der Waals surface area contributed by atoms with Gasteiger partial charge in [-0.05, 0) is 62.1 Å². The number of aromatic amines is 2. The van der Waals surface area contributed by atoms with E-state index < -0.39 is 0 Å². The summed E-state index contributed by atoms with van der Waals surface area (Å²) in [4.78, 5) is 35.3. The summed E-state index contributed by atoms with van der Waals surface area (Å²) < 4.78 is 0. The summed E-state index contributed by atoms with van der Waals surface area (Å²) in [5, 5.41) is 0.601. The fourth-order valence-electron chi connectivity index (χ4n) is 3.65. The summed E-state index contributed by atoms with van der Waals surface area (Å²) in [6.45, 7) is 4.43. The van der Waals surface area contributed by atoms with Gasteiger partial charge >= 0.3 is 0 Å². The number of hydrogen-bond donors (Lipinski definition) is 2. The molecule has 3 aromatic rings. The number of aryl methyl sites for hydroxylation is 2. The van der Waals surface area contributed by atoms with E-state index in [-0.39, 0.29) is 11.1 Å². The molecule has 4 nitrogen and oxygen atoms in total. The van der Waals surface area contributed by atoms with Gasteiger partial charge in [-0.15, -0.1) is 22.7 Å². The lowest BCUT2D eigenvalue weighted by atomic mass is 10.1. The molecule has 0 atom stereocenters. The van der Waals surface area contributed by atoms with E-state index in [9.17, 15) is 9.59 Å². The molecule has 6 heteroatoms. The number of hydrogen-bond acceptors (Lipinski definition) is 4. The van der Waals surface area contributed by atoms with Crippen LogP contribution in [-0.4, -0.2) is 9.97 Å². The standard InChI is InChI=1S/C26H34N2O2S2/c1-3-5-7-9-11-19-13-15-21(31-19)17-23-25(29)28-24(26(30)27-23)18-22-16-14-20(32-22)12-10-8-6-4-2/h13-18H,3-12H2,1-2H3,(H,27,30)(H,28,29)/b23-17-,24-18-. The van der Waals surface area contributed by atoms with Crippen molar-refractivity contribution in [1.29, 1.82) is 0 Å². The van der Waals surface area contributed by atoms with Gasteiger partial charge in [-0.25, -0.2) is 0 Å². The summed E-state index contributed by atoms with van der Waals surface area (Å²) in [7, 11) is 0. The first-order valence-electron chi connectivity index (χ1n) is 11.8. The van der Waals surface area contributed by atoms with Gasteiger partial charge in [0.15, 0.2) is 0 Å². The third-order valence-electron chi connectivity index (χ3n) is 5.48. The second-order valence-corrected chi connectivity index (χ2v) is 10.7. The monoisotopic (exact) mass is 470 g/mol. The van der Waals surface area contributed by atoms with Gasteiger partial charge in [0, 0.05) is 19.5 Å². The molecule has 0 bridgehead atoms.